The average molecular weight is 196 g/mol. The zero-order valence-electron chi connectivity index (χ0n) is 8.74. The van der Waals surface area contributed by atoms with Gasteiger partial charge in [0.25, 0.3) is 5.91 Å². The molecule has 0 aromatic carbocycles. The van der Waals surface area contributed by atoms with Crippen LogP contribution in [0.1, 0.15) is 30.8 Å². The van der Waals surface area contributed by atoms with Crippen LogP contribution in [0.25, 0.3) is 0 Å². The lowest BCUT2D eigenvalue weighted by molar-refractivity contribution is 0.0735. The molecule has 0 aliphatic rings. The van der Waals surface area contributed by atoms with Gasteiger partial charge in [-0.3, -0.25) is 9.89 Å². The first-order valence-corrected chi connectivity index (χ1v) is 4.64. The van der Waals surface area contributed by atoms with Gasteiger partial charge in [0.15, 0.2) is 0 Å². The number of carbonyl (C=O) groups is 1. The summed E-state index contributed by atoms with van der Waals surface area (Å²) in [5, 5.41) is 6.31. The second-order valence-corrected chi connectivity index (χ2v) is 3.37. The van der Waals surface area contributed by atoms with Gasteiger partial charge in [-0.05, 0) is 13.3 Å². The molecule has 0 bridgehead atoms. The van der Waals surface area contributed by atoms with E-state index in [1.54, 1.807) is 11.9 Å². The molecule has 1 heterocycles. The highest BCUT2D eigenvalue weighted by atomic mass is 16.2. The van der Waals surface area contributed by atoms with Crippen molar-refractivity contribution in [1.82, 2.24) is 15.1 Å². The molecule has 0 spiro atoms. The van der Waals surface area contributed by atoms with Crippen LogP contribution < -0.4 is 5.73 Å². The lowest BCUT2D eigenvalue weighted by atomic mass is 10.2. The molecule has 3 N–H and O–H groups in total. The van der Waals surface area contributed by atoms with Crippen LogP contribution in [0.15, 0.2) is 6.20 Å². The topological polar surface area (TPSA) is 75.0 Å². The molecule has 5 heteroatoms. The number of rotatable bonds is 3. The number of aromatic amines is 1. The summed E-state index contributed by atoms with van der Waals surface area (Å²) in [7, 11) is 1.76. The molecular formula is C9H16N4O. The highest BCUT2D eigenvalue weighted by Crippen LogP contribution is 2.11. The summed E-state index contributed by atoms with van der Waals surface area (Å²) in [6.07, 6.45) is 2.36. The minimum atomic E-state index is -0.116. The Balaban J connectivity index is 2.81. The predicted molar refractivity (Wildman–Crippen MR) is 54.8 cm³/mol. The summed E-state index contributed by atoms with van der Waals surface area (Å²) >= 11 is 0. The van der Waals surface area contributed by atoms with E-state index in [9.17, 15) is 4.79 Å². The number of nitrogens with zero attached hydrogens (tertiary/aromatic N) is 2. The monoisotopic (exact) mass is 196 g/mol. The molecule has 0 saturated heterocycles. The standard InChI is InChI=1S/C9H16N4O/c1-4-6(2)13(3)9(14)8-7(10)5-11-12-8/h5-6H,4,10H2,1-3H3,(H,11,12). The molecule has 0 fully saturated rings. The van der Waals surface area contributed by atoms with Gasteiger partial charge in [0, 0.05) is 13.1 Å². The average Bonchev–Trinajstić information content (AvgIpc) is 2.61. The maximum atomic E-state index is 11.8. The highest BCUT2D eigenvalue weighted by Gasteiger charge is 2.19. The third-order valence-corrected chi connectivity index (χ3v) is 2.45. The molecule has 14 heavy (non-hydrogen) atoms. The summed E-state index contributed by atoms with van der Waals surface area (Å²) < 4.78 is 0. The van der Waals surface area contributed by atoms with Gasteiger partial charge in [-0.2, -0.15) is 5.10 Å². The van der Waals surface area contributed by atoms with E-state index in [2.05, 4.69) is 10.2 Å². The van der Waals surface area contributed by atoms with E-state index < -0.39 is 0 Å². The molecule has 0 aliphatic carbocycles. The van der Waals surface area contributed by atoms with Crippen molar-refractivity contribution in [2.45, 2.75) is 26.3 Å². The Labute approximate surface area is 83.3 Å². The van der Waals surface area contributed by atoms with E-state index in [-0.39, 0.29) is 11.9 Å². The number of aromatic nitrogens is 2. The van der Waals surface area contributed by atoms with E-state index in [1.165, 1.54) is 6.20 Å². The van der Waals surface area contributed by atoms with Crippen molar-refractivity contribution in [2.75, 3.05) is 12.8 Å². The molecule has 1 atom stereocenters. The number of nitrogen functional groups attached to an aromatic ring is 1. The maximum Gasteiger partial charge on any atom is 0.273 e. The van der Waals surface area contributed by atoms with Crippen LogP contribution in [0.3, 0.4) is 0 Å². The van der Waals surface area contributed by atoms with Gasteiger partial charge >= 0.3 is 0 Å². The Morgan fingerprint density at radius 1 is 1.79 bits per heavy atom. The van der Waals surface area contributed by atoms with E-state index in [1.807, 2.05) is 13.8 Å². The largest absolute Gasteiger partial charge is 0.396 e. The van der Waals surface area contributed by atoms with Gasteiger partial charge in [0.1, 0.15) is 5.69 Å². The molecule has 1 aromatic heterocycles. The van der Waals surface area contributed by atoms with Crippen molar-refractivity contribution in [3.8, 4) is 0 Å². The summed E-state index contributed by atoms with van der Waals surface area (Å²) in [5.41, 5.74) is 6.34. The molecular weight excluding hydrogens is 180 g/mol. The predicted octanol–water partition coefficient (Wildman–Crippen LogP) is 0.862. The molecule has 1 rings (SSSR count). The fourth-order valence-corrected chi connectivity index (χ4v) is 1.12. The number of H-pyrrole nitrogens is 1. The normalized spacial score (nSPS) is 12.5. The zero-order chi connectivity index (χ0) is 10.7. The first kappa shape index (κ1) is 10.6. The van der Waals surface area contributed by atoms with Crippen LogP contribution in [0, 0.1) is 0 Å². The number of amides is 1. The fraction of sp³-hybridized carbons (Fsp3) is 0.556. The maximum absolute atomic E-state index is 11.8. The lowest BCUT2D eigenvalue weighted by Gasteiger charge is -2.23. The molecule has 5 nitrogen and oxygen atoms in total. The van der Waals surface area contributed by atoms with Crippen molar-refractivity contribution < 1.29 is 4.79 Å². The van der Waals surface area contributed by atoms with Gasteiger partial charge in [-0.25, -0.2) is 0 Å². The van der Waals surface area contributed by atoms with Gasteiger partial charge in [0.05, 0.1) is 11.9 Å². The van der Waals surface area contributed by atoms with E-state index in [4.69, 9.17) is 5.73 Å². The van der Waals surface area contributed by atoms with E-state index in [0.717, 1.165) is 6.42 Å². The van der Waals surface area contributed by atoms with E-state index >= 15 is 0 Å². The summed E-state index contributed by atoms with van der Waals surface area (Å²) in [6.45, 7) is 4.02. The number of nitrogens with one attached hydrogen (secondary N) is 1. The van der Waals surface area contributed by atoms with E-state index in [0.29, 0.717) is 11.4 Å². The Kier molecular flexibility index (Phi) is 3.11. The summed E-state index contributed by atoms with van der Waals surface area (Å²) in [6, 6.07) is 0.199. The van der Waals surface area contributed by atoms with Crippen LogP contribution >= 0.6 is 0 Å². The van der Waals surface area contributed by atoms with Crippen molar-refractivity contribution in [1.29, 1.82) is 0 Å². The summed E-state index contributed by atoms with van der Waals surface area (Å²) in [4.78, 5) is 13.5. The van der Waals surface area contributed by atoms with Crippen molar-refractivity contribution in [3.05, 3.63) is 11.9 Å². The Morgan fingerprint density at radius 2 is 2.43 bits per heavy atom. The Bertz CT molecular complexity index is 320. The summed E-state index contributed by atoms with van der Waals surface area (Å²) in [5.74, 6) is -0.116. The first-order valence-electron chi connectivity index (χ1n) is 4.64. The molecule has 0 aliphatic heterocycles. The van der Waals surface area contributed by atoms with Crippen molar-refractivity contribution in [3.63, 3.8) is 0 Å². The quantitative estimate of drug-likeness (QED) is 0.753. The Hall–Kier alpha value is -1.52. The third kappa shape index (κ3) is 1.86. The van der Waals surface area contributed by atoms with Crippen molar-refractivity contribution in [2.24, 2.45) is 0 Å². The fourth-order valence-electron chi connectivity index (χ4n) is 1.12. The number of nitrogens with two attached hydrogens (primary N) is 1. The van der Waals surface area contributed by atoms with Crippen LogP contribution in [0.4, 0.5) is 5.69 Å². The van der Waals surface area contributed by atoms with Gasteiger partial charge in [-0.15, -0.1) is 0 Å². The third-order valence-electron chi connectivity index (χ3n) is 2.45. The molecule has 1 amide bonds. The molecule has 78 valence electrons. The molecule has 0 saturated carbocycles. The Morgan fingerprint density at radius 3 is 2.86 bits per heavy atom. The smallest absolute Gasteiger partial charge is 0.273 e. The number of hydrogen-bond acceptors (Lipinski definition) is 3. The zero-order valence-corrected chi connectivity index (χ0v) is 8.74. The van der Waals surface area contributed by atoms with Gasteiger partial charge < -0.3 is 10.6 Å². The lowest BCUT2D eigenvalue weighted by Crippen LogP contribution is -2.35. The highest BCUT2D eigenvalue weighted by molar-refractivity contribution is 5.96. The van der Waals surface area contributed by atoms with Crippen LogP contribution in [0.5, 0.6) is 0 Å². The van der Waals surface area contributed by atoms with Crippen molar-refractivity contribution >= 4 is 11.6 Å². The first-order chi connectivity index (χ1) is 6.57. The number of hydrogen-bond donors (Lipinski definition) is 2. The number of carbonyl (C=O) groups excluding carboxylic acids is 1. The SMILES string of the molecule is CCC(C)N(C)C(=O)c1[nH]ncc1N. The molecule has 1 aromatic rings. The molecule has 1 unspecified atom stereocenters. The second kappa shape index (κ2) is 4.13. The van der Waals surface area contributed by atoms with Crippen LogP contribution in [0.2, 0.25) is 0 Å². The minimum absolute atomic E-state index is 0.116. The van der Waals surface area contributed by atoms with Gasteiger partial charge in [-0.1, -0.05) is 6.92 Å². The van der Waals surface area contributed by atoms with Gasteiger partial charge in [0.2, 0.25) is 0 Å². The van der Waals surface area contributed by atoms with Crippen LogP contribution in [-0.2, 0) is 0 Å². The second-order valence-electron chi connectivity index (χ2n) is 3.37. The number of anilines is 1. The minimum Gasteiger partial charge on any atom is -0.396 e. The van der Waals surface area contributed by atoms with Crippen LogP contribution in [-0.4, -0.2) is 34.1 Å². The molecule has 0 radical (unpaired) electrons.